The van der Waals surface area contributed by atoms with Crippen LogP contribution in [-0.2, 0) is 38.5 Å². The Labute approximate surface area is 289 Å². The van der Waals surface area contributed by atoms with E-state index in [0.717, 1.165) is 31.6 Å². The highest BCUT2D eigenvalue weighted by molar-refractivity contribution is 5.33. The highest BCUT2D eigenvalue weighted by Crippen LogP contribution is 2.25. The van der Waals surface area contributed by atoms with Crippen LogP contribution in [0.2, 0.25) is 0 Å². The predicted octanol–water partition coefficient (Wildman–Crippen LogP) is 14.9. The minimum absolute atomic E-state index is 0.795. The summed E-state index contributed by atoms with van der Waals surface area (Å²) in [6.07, 6.45) is 39.0. The molecule has 1 atom stereocenters. The second-order valence-electron chi connectivity index (χ2n) is 14.7. The molecule has 1 unspecified atom stereocenters. The molecule has 0 aliphatic carbocycles. The molecule has 0 aromatic heterocycles. The van der Waals surface area contributed by atoms with E-state index in [1.54, 1.807) is 27.8 Å². The van der Waals surface area contributed by atoms with Gasteiger partial charge in [-0.25, -0.2) is 0 Å². The summed E-state index contributed by atoms with van der Waals surface area (Å²) in [6, 6.07) is 14.7. The van der Waals surface area contributed by atoms with Gasteiger partial charge in [-0.2, -0.15) is 0 Å². The summed E-state index contributed by atoms with van der Waals surface area (Å²) in [5.74, 6) is 0.795. The second-order valence-corrected chi connectivity index (χ2v) is 14.7. The van der Waals surface area contributed by atoms with Crippen molar-refractivity contribution in [3.8, 4) is 0 Å². The molecule has 0 spiro atoms. The predicted molar refractivity (Wildman–Crippen MR) is 209 cm³/mol. The van der Waals surface area contributed by atoms with Crippen LogP contribution in [0.3, 0.4) is 0 Å². The largest absolute Gasteiger partial charge is 0.0654 e. The summed E-state index contributed by atoms with van der Waals surface area (Å²) in [4.78, 5) is 0. The van der Waals surface area contributed by atoms with Crippen molar-refractivity contribution in [3.63, 3.8) is 0 Å². The maximum atomic E-state index is 2.54. The van der Waals surface area contributed by atoms with Gasteiger partial charge in [0.2, 0.25) is 0 Å². The molecule has 2 aromatic carbocycles. The summed E-state index contributed by atoms with van der Waals surface area (Å²) in [6.45, 7) is 11.5. The van der Waals surface area contributed by atoms with Crippen molar-refractivity contribution in [3.05, 3.63) is 69.8 Å². The summed E-state index contributed by atoms with van der Waals surface area (Å²) >= 11 is 0. The molecular weight excluding hydrogens is 553 g/mol. The smallest absolute Gasteiger partial charge is 0.0250 e. The Bertz CT molecular complexity index is 984. The van der Waals surface area contributed by atoms with E-state index >= 15 is 0 Å². The van der Waals surface area contributed by atoms with Crippen molar-refractivity contribution < 1.29 is 0 Å². The summed E-state index contributed by atoms with van der Waals surface area (Å²) < 4.78 is 0. The molecule has 0 aliphatic rings. The van der Waals surface area contributed by atoms with E-state index in [0.29, 0.717) is 0 Å². The van der Waals surface area contributed by atoms with Gasteiger partial charge in [-0.1, -0.05) is 206 Å². The van der Waals surface area contributed by atoms with E-state index in [4.69, 9.17) is 0 Å². The number of rotatable bonds is 30. The van der Waals surface area contributed by atoms with Crippen molar-refractivity contribution in [1.29, 1.82) is 0 Å². The van der Waals surface area contributed by atoms with E-state index in [2.05, 4.69) is 71.0 Å². The first-order chi connectivity index (χ1) is 22.6. The molecule has 0 saturated carbocycles. The van der Waals surface area contributed by atoms with Gasteiger partial charge in [0.15, 0.2) is 0 Å². The average molecular weight is 631 g/mol. The zero-order valence-electron chi connectivity index (χ0n) is 31.8. The van der Waals surface area contributed by atoms with Gasteiger partial charge in [-0.05, 0) is 84.2 Å². The molecule has 2 rings (SSSR count). The number of hydrogen-bond donors (Lipinski definition) is 0. The lowest BCUT2D eigenvalue weighted by Gasteiger charge is -2.19. The zero-order valence-corrected chi connectivity index (χ0v) is 31.8. The van der Waals surface area contributed by atoms with E-state index < -0.39 is 0 Å². The molecule has 0 fully saturated rings. The van der Waals surface area contributed by atoms with E-state index in [1.807, 2.05) is 0 Å². The minimum Gasteiger partial charge on any atom is -0.0654 e. The second kappa shape index (κ2) is 27.4. The summed E-state index contributed by atoms with van der Waals surface area (Å²) in [5, 5.41) is 0. The highest BCUT2D eigenvalue weighted by Gasteiger charge is 2.13. The molecule has 262 valence electrons. The molecule has 0 amide bonds. The summed E-state index contributed by atoms with van der Waals surface area (Å²) in [5.41, 5.74) is 9.34. The fraction of sp³-hybridized carbons (Fsp3) is 0.739. The van der Waals surface area contributed by atoms with Crippen LogP contribution in [0.1, 0.15) is 209 Å². The third-order valence-corrected chi connectivity index (χ3v) is 10.9. The molecule has 0 aliphatic heterocycles. The normalized spacial score (nSPS) is 12.2. The van der Waals surface area contributed by atoms with Gasteiger partial charge in [0, 0.05) is 0 Å². The van der Waals surface area contributed by atoms with Gasteiger partial charge in [-0.3, -0.25) is 0 Å². The monoisotopic (exact) mass is 631 g/mol. The fourth-order valence-electron chi connectivity index (χ4n) is 7.73. The van der Waals surface area contributed by atoms with Crippen molar-refractivity contribution >= 4 is 0 Å². The van der Waals surface area contributed by atoms with Crippen molar-refractivity contribution in [2.45, 2.75) is 214 Å². The van der Waals surface area contributed by atoms with Gasteiger partial charge in [-0.15, -0.1) is 0 Å². The molecule has 0 bridgehead atoms. The van der Waals surface area contributed by atoms with Crippen LogP contribution in [0.4, 0.5) is 0 Å². The minimum atomic E-state index is 0.795. The van der Waals surface area contributed by atoms with Crippen molar-refractivity contribution in [2.75, 3.05) is 0 Å². The maximum Gasteiger partial charge on any atom is -0.0250 e. The molecule has 0 heterocycles. The van der Waals surface area contributed by atoms with Crippen LogP contribution in [0.25, 0.3) is 0 Å². The topological polar surface area (TPSA) is 0 Å². The van der Waals surface area contributed by atoms with Crippen LogP contribution in [0.15, 0.2) is 36.4 Å². The Hall–Kier alpha value is -1.56. The Morgan fingerprint density at radius 2 is 0.739 bits per heavy atom. The molecule has 0 N–H and O–H groups in total. The van der Waals surface area contributed by atoms with Crippen LogP contribution >= 0.6 is 0 Å². The van der Waals surface area contributed by atoms with Gasteiger partial charge in [0.1, 0.15) is 0 Å². The Morgan fingerprint density at radius 1 is 0.370 bits per heavy atom. The maximum absolute atomic E-state index is 2.54. The first-order valence-corrected chi connectivity index (χ1v) is 20.9. The standard InChI is InChI=1S/C46H78/c1-6-11-12-13-14-15-16-17-18-19-20-21-22-23-24-25-26-27-28-29-30-40(37-42-34-36-44(8-3)46(10-5)39-42)31-32-41-33-35-43(7-2)45(9-4)38-41/h33-36,38-40H,6-32,37H2,1-5H3. The SMILES string of the molecule is CCCCCCCCCCCCCCCCCCCCCCC(CCc1ccc(CC)c(CC)c1)Cc1ccc(CC)c(CC)c1. The number of benzene rings is 2. The Kier molecular flexibility index (Phi) is 24.2. The van der Waals surface area contributed by atoms with Crippen LogP contribution in [0, 0.1) is 5.92 Å². The third kappa shape index (κ3) is 18.1. The first-order valence-electron chi connectivity index (χ1n) is 20.9. The van der Waals surface area contributed by atoms with Gasteiger partial charge >= 0.3 is 0 Å². The first kappa shape index (κ1) is 40.6. The Balaban J connectivity index is 1.61. The molecular formula is C46H78. The number of hydrogen-bond acceptors (Lipinski definition) is 0. The molecule has 0 heteroatoms. The molecule has 46 heavy (non-hydrogen) atoms. The van der Waals surface area contributed by atoms with E-state index in [-0.39, 0.29) is 0 Å². The Morgan fingerprint density at radius 3 is 1.15 bits per heavy atom. The van der Waals surface area contributed by atoms with Crippen molar-refractivity contribution in [1.82, 2.24) is 0 Å². The number of unbranched alkanes of at least 4 members (excludes halogenated alkanes) is 19. The van der Waals surface area contributed by atoms with Crippen LogP contribution in [-0.4, -0.2) is 0 Å². The molecule has 2 aromatic rings. The lowest BCUT2D eigenvalue weighted by atomic mass is 9.86. The van der Waals surface area contributed by atoms with E-state index in [1.165, 1.54) is 160 Å². The van der Waals surface area contributed by atoms with Crippen LogP contribution < -0.4 is 0 Å². The third-order valence-electron chi connectivity index (χ3n) is 10.9. The van der Waals surface area contributed by atoms with Gasteiger partial charge in [0.25, 0.3) is 0 Å². The highest BCUT2D eigenvalue weighted by atomic mass is 14.2. The lowest BCUT2D eigenvalue weighted by Crippen LogP contribution is -2.08. The summed E-state index contributed by atoms with van der Waals surface area (Å²) in [7, 11) is 0. The van der Waals surface area contributed by atoms with Crippen molar-refractivity contribution in [2.24, 2.45) is 5.92 Å². The molecule has 0 radical (unpaired) electrons. The van der Waals surface area contributed by atoms with Gasteiger partial charge in [0.05, 0.1) is 0 Å². The zero-order chi connectivity index (χ0) is 33.1. The quantitative estimate of drug-likeness (QED) is 0.0753. The van der Waals surface area contributed by atoms with E-state index in [9.17, 15) is 0 Å². The van der Waals surface area contributed by atoms with Gasteiger partial charge < -0.3 is 0 Å². The molecule has 0 saturated heterocycles. The fourth-order valence-corrected chi connectivity index (χ4v) is 7.73. The van der Waals surface area contributed by atoms with Crippen LogP contribution in [0.5, 0.6) is 0 Å². The lowest BCUT2D eigenvalue weighted by molar-refractivity contribution is 0.420. The molecule has 0 nitrogen and oxygen atoms in total. The number of aryl methyl sites for hydroxylation is 5. The average Bonchev–Trinajstić information content (AvgIpc) is 3.09.